The van der Waals surface area contributed by atoms with E-state index < -0.39 is 0 Å². The molecule has 3 nitrogen and oxygen atoms in total. The maximum atomic E-state index is 12.1. The van der Waals surface area contributed by atoms with Gasteiger partial charge in [-0.2, -0.15) is 0 Å². The lowest BCUT2D eigenvalue weighted by molar-refractivity contribution is 0.0837. The first kappa shape index (κ1) is 16.6. The summed E-state index contributed by atoms with van der Waals surface area (Å²) in [6, 6.07) is 8.42. The van der Waals surface area contributed by atoms with E-state index in [0.29, 0.717) is 26.5 Å². The van der Waals surface area contributed by atoms with Gasteiger partial charge in [-0.15, -0.1) is 11.3 Å². The fraction of sp³-hybridized carbons (Fsp3) is 0.214. The van der Waals surface area contributed by atoms with E-state index in [1.54, 1.807) is 25.3 Å². The van der Waals surface area contributed by atoms with E-state index in [4.69, 9.17) is 39.5 Å². The molecular formula is C14H12Cl3NO2S. The SMILES string of the molecule is COC(CNC(=O)c1ccc(Cl)c(Cl)c1)c1ccc(Cl)s1. The van der Waals surface area contributed by atoms with Crippen LogP contribution in [0.25, 0.3) is 0 Å². The van der Waals surface area contributed by atoms with E-state index >= 15 is 0 Å². The van der Waals surface area contributed by atoms with Crippen molar-refractivity contribution in [2.75, 3.05) is 13.7 Å². The van der Waals surface area contributed by atoms with Crippen molar-refractivity contribution in [1.82, 2.24) is 5.32 Å². The summed E-state index contributed by atoms with van der Waals surface area (Å²) in [6.45, 7) is 0.340. The highest BCUT2D eigenvalue weighted by atomic mass is 35.5. The smallest absolute Gasteiger partial charge is 0.251 e. The summed E-state index contributed by atoms with van der Waals surface area (Å²) in [7, 11) is 1.59. The number of carbonyl (C=O) groups is 1. The quantitative estimate of drug-likeness (QED) is 0.825. The Morgan fingerprint density at radius 2 is 2.00 bits per heavy atom. The topological polar surface area (TPSA) is 38.3 Å². The third-order valence-corrected chi connectivity index (χ3v) is 4.89. The van der Waals surface area contributed by atoms with Crippen molar-refractivity contribution < 1.29 is 9.53 Å². The number of benzene rings is 1. The van der Waals surface area contributed by atoms with Gasteiger partial charge in [-0.3, -0.25) is 4.79 Å². The summed E-state index contributed by atoms with van der Waals surface area (Å²) < 4.78 is 6.05. The van der Waals surface area contributed by atoms with E-state index in [-0.39, 0.29) is 12.0 Å². The lowest BCUT2D eigenvalue weighted by Crippen LogP contribution is -2.28. The molecule has 2 rings (SSSR count). The maximum absolute atomic E-state index is 12.1. The Morgan fingerprint density at radius 1 is 1.24 bits per heavy atom. The number of hydrogen-bond acceptors (Lipinski definition) is 3. The van der Waals surface area contributed by atoms with Gasteiger partial charge in [0.2, 0.25) is 0 Å². The van der Waals surface area contributed by atoms with E-state index in [2.05, 4.69) is 5.32 Å². The van der Waals surface area contributed by atoms with E-state index in [0.717, 1.165) is 4.88 Å². The van der Waals surface area contributed by atoms with Crippen LogP contribution in [0.15, 0.2) is 30.3 Å². The minimum absolute atomic E-state index is 0.238. The van der Waals surface area contributed by atoms with Crippen molar-refractivity contribution in [3.05, 3.63) is 55.2 Å². The first-order valence-corrected chi connectivity index (χ1v) is 7.97. The molecule has 21 heavy (non-hydrogen) atoms. The molecule has 1 unspecified atom stereocenters. The molecule has 1 heterocycles. The minimum atomic E-state index is -0.241. The van der Waals surface area contributed by atoms with Gasteiger partial charge >= 0.3 is 0 Å². The highest BCUT2D eigenvalue weighted by Gasteiger charge is 2.15. The molecule has 1 aromatic heterocycles. The van der Waals surface area contributed by atoms with Crippen LogP contribution in [0.1, 0.15) is 21.3 Å². The fourth-order valence-electron chi connectivity index (χ4n) is 1.73. The van der Waals surface area contributed by atoms with Crippen molar-refractivity contribution in [3.63, 3.8) is 0 Å². The zero-order chi connectivity index (χ0) is 15.4. The molecule has 0 aliphatic carbocycles. The van der Waals surface area contributed by atoms with Crippen LogP contribution in [-0.2, 0) is 4.74 Å². The summed E-state index contributed by atoms with van der Waals surface area (Å²) >= 11 is 19.0. The second-order valence-electron chi connectivity index (χ2n) is 4.21. The second-order valence-corrected chi connectivity index (χ2v) is 6.77. The van der Waals surface area contributed by atoms with E-state index in [9.17, 15) is 4.79 Å². The Hall–Kier alpha value is -0.780. The molecule has 112 valence electrons. The minimum Gasteiger partial charge on any atom is -0.374 e. The van der Waals surface area contributed by atoms with Gasteiger partial charge in [0.05, 0.1) is 14.4 Å². The molecule has 0 spiro atoms. The molecular weight excluding hydrogens is 353 g/mol. The number of hydrogen-bond donors (Lipinski definition) is 1. The molecule has 1 N–H and O–H groups in total. The average Bonchev–Trinajstić information content (AvgIpc) is 2.89. The lowest BCUT2D eigenvalue weighted by atomic mass is 10.2. The standard InChI is InChI=1S/C14H12Cl3NO2S/c1-20-11(12-4-5-13(17)21-12)7-18-14(19)8-2-3-9(15)10(16)6-8/h2-6,11H,7H2,1H3,(H,18,19). The van der Waals surface area contributed by atoms with Crippen LogP contribution in [0, 0.1) is 0 Å². The number of rotatable bonds is 5. The van der Waals surface area contributed by atoms with Gasteiger partial charge in [-0.05, 0) is 30.3 Å². The zero-order valence-electron chi connectivity index (χ0n) is 11.0. The summed E-state index contributed by atoms with van der Waals surface area (Å²) in [5.74, 6) is -0.238. The summed E-state index contributed by atoms with van der Waals surface area (Å²) in [6.07, 6.45) is -0.241. The molecule has 7 heteroatoms. The monoisotopic (exact) mass is 363 g/mol. The van der Waals surface area contributed by atoms with Crippen LogP contribution >= 0.6 is 46.1 Å². The Kier molecular flexibility index (Phi) is 5.90. The number of nitrogens with one attached hydrogen (secondary N) is 1. The molecule has 0 fully saturated rings. The molecule has 1 aromatic carbocycles. The Balaban J connectivity index is 2.00. The van der Waals surface area contributed by atoms with Crippen LogP contribution < -0.4 is 5.32 Å². The van der Waals surface area contributed by atoms with Gasteiger partial charge in [0.1, 0.15) is 6.10 Å². The second kappa shape index (κ2) is 7.47. The number of carbonyl (C=O) groups excluding carboxylic acids is 1. The predicted molar refractivity (Wildman–Crippen MR) is 87.9 cm³/mol. The first-order valence-electron chi connectivity index (χ1n) is 6.02. The normalized spacial score (nSPS) is 12.2. The molecule has 0 aliphatic rings. The average molecular weight is 365 g/mol. The van der Waals surface area contributed by atoms with Crippen LogP contribution in [0.2, 0.25) is 14.4 Å². The Labute approximate surface area is 141 Å². The van der Waals surface area contributed by atoms with E-state index in [1.807, 2.05) is 6.07 Å². The molecule has 0 aliphatic heterocycles. The largest absolute Gasteiger partial charge is 0.374 e. The molecule has 0 bridgehead atoms. The molecule has 0 saturated heterocycles. The van der Waals surface area contributed by atoms with Crippen LogP contribution in [0.4, 0.5) is 0 Å². The number of halogens is 3. The van der Waals surface area contributed by atoms with Crippen molar-refractivity contribution in [2.45, 2.75) is 6.10 Å². The highest BCUT2D eigenvalue weighted by molar-refractivity contribution is 7.16. The number of thiophene rings is 1. The maximum Gasteiger partial charge on any atom is 0.251 e. The molecule has 0 radical (unpaired) electrons. The predicted octanol–water partition coefficient (Wildman–Crippen LogP) is 4.83. The van der Waals surface area contributed by atoms with Gasteiger partial charge in [-0.1, -0.05) is 34.8 Å². The van der Waals surface area contributed by atoms with Gasteiger partial charge in [0.25, 0.3) is 5.91 Å². The van der Waals surface area contributed by atoms with Gasteiger partial charge in [-0.25, -0.2) is 0 Å². The van der Waals surface area contributed by atoms with Gasteiger partial charge in [0, 0.05) is 24.1 Å². The van der Waals surface area contributed by atoms with Gasteiger partial charge in [0.15, 0.2) is 0 Å². The summed E-state index contributed by atoms with van der Waals surface area (Å²) in [4.78, 5) is 13.0. The Morgan fingerprint density at radius 3 is 2.57 bits per heavy atom. The third-order valence-electron chi connectivity index (χ3n) is 2.83. The lowest BCUT2D eigenvalue weighted by Gasteiger charge is -2.14. The summed E-state index contributed by atoms with van der Waals surface area (Å²) in [5, 5.41) is 3.56. The number of amides is 1. The highest BCUT2D eigenvalue weighted by Crippen LogP contribution is 2.28. The number of methoxy groups -OCH3 is 1. The van der Waals surface area contributed by atoms with Gasteiger partial charge < -0.3 is 10.1 Å². The van der Waals surface area contributed by atoms with Crippen molar-refractivity contribution in [2.24, 2.45) is 0 Å². The third kappa shape index (κ3) is 4.34. The van der Waals surface area contributed by atoms with Crippen molar-refractivity contribution in [1.29, 1.82) is 0 Å². The zero-order valence-corrected chi connectivity index (χ0v) is 14.1. The van der Waals surface area contributed by atoms with Crippen LogP contribution in [0.5, 0.6) is 0 Å². The first-order chi connectivity index (χ1) is 10.0. The molecule has 0 saturated carbocycles. The Bertz CT molecular complexity index is 645. The molecule has 1 amide bonds. The van der Waals surface area contributed by atoms with Crippen LogP contribution in [0.3, 0.4) is 0 Å². The van der Waals surface area contributed by atoms with Crippen molar-refractivity contribution >= 4 is 52.0 Å². The van der Waals surface area contributed by atoms with E-state index in [1.165, 1.54) is 17.4 Å². The fourth-order valence-corrected chi connectivity index (χ4v) is 3.16. The molecule has 1 atom stereocenters. The van der Waals surface area contributed by atoms with Crippen molar-refractivity contribution in [3.8, 4) is 0 Å². The van der Waals surface area contributed by atoms with Crippen LogP contribution in [-0.4, -0.2) is 19.6 Å². The number of ether oxygens (including phenoxy) is 1. The molecule has 2 aromatic rings. The summed E-state index contributed by atoms with van der Waals surface area (Å²) in [5.41, 5.74) is 0.448.